The minimum Gasteiger partial charge on any atom is -0.471 e. The minimum atomic E-state index is -2.55. The number of aliphatic imine (C=N–C) groups is 1. The average molecular weight is 442 g/mol. The number of aromatic nitrogens is 1. The highest BCUT2D eigenvalue weighted by molar-refractivity contribution is 5.97. The molecule has 2 atom stereocenters. The van der Waals surface area contributed by atoms with Crippen LogP contribution in [0.25, 0.3) is 0 Å². The summed E-state index contributed by atoms with van der Waals surface area (Å²) in [4.78, 5) is 24.0. The summed E-state index contributed by atoms with van der Waals surface area (Å²) in [5, 5.41) is 0. The maximum Gasteiger partial charge on any atom is 0.272 e. The second-order valence-electron chi connectivity index (χ2n) is 8.90. The van der Waals surface area contributed by atoms with Crippen LogP contribution in [0.2, 0.25) is 0 Å². The van der Waals surface area contributed by atoms with Gasteiger partial charge >= 0.3 is 0 Å². The molecule has 0 radical (unpaired) electrons. The van der Waals surface area contributed by atoms with Crippen LogP contribution in [0.1, 0.15) is 48.6 Å². The maximum atomic E-state index is 13.0. The third kappa shape index (κ3) is 5.21. The number of Topliss-reactive ketones (excluding diaryl/α,β-unsaturated/α-hetero) is 1. The van der Waals surface area contributed by atoms with Gasteiger partial charge in [0.25, 0.3) is 6.43 Å². The molecule has 0 saturated carbocycles. The zero-order valence-electron chi connectivity index (χ0n) is 18.5. The molecule has 0 N–H and O–H groups in total. The van der Waals surface area contributed by atoms with Crippen molar-refractivity contribution in [1.82, 2.24) is 9.88 Å². The SMILES string of the molecule is CC(C)N1C[C@H](CC(=O)Cc2cc3c(cn2)C(OCC(F)F)=NC3)[C@@H](c2ccccc2)C1. The Morgan fingerprint density at radius 1 is 1.22 bits per heavy atom. The predicted octanol–water partition coefficient (Wildman–Crippen LogP) is 4.25. The molecule has 1 fully saturated rings. The molecule has 7 heteroatoms. The minimum absolute atomic E-state index is 0.169. The van der Waals surface area contributed by atoms with Crippen LogP contribution in [0.15, 0.2) is 47.6 Å². The molecule has 0 bridgehead atoms. The summed E-state index contributed by atoms with van der Waals surface area (Å²) in [5.74, 6) is 0.996. The van der Waals surface area contributed by atoms with Crippen molar-refractivity contribution >= 4 is 11.7 Å². The molecular formula is C25H29F2N3O2. The third-order valence-electron chi connectivity index (χ3n) is 6.31. The summed E-state index contributed by atoms with van der Waals surface area (Å²) >= 11 is 0. The van der Waals surface area contributed by atoms with Gasteiger partial charge in [0.05, 0.1) is 12.1 Å². The van der Waals surface area contributed by atoms with Gasteiger partial charge in [-0.05, 0) is 37.0 Å². The zero-order valence-corrected chi connectivity index (χ0v) is 18.5. The van der Waals surface area contributed by atoms with Crippen molar-refractivity contribution in [1.29, 1.82) is 0 Å². The molecule has 5 nitrogen and oxygen atoms in total. The Morgan fingerprint density at radius 3 is 2.72 bits per heavy atom. The van der Waals surface area contributed by atoms with Crippen molar-refractivity contribution < 1.29 is 18.3 Å². The van der Waals surface area contributed by atoms with E-state index in [0.29, 0.717) is 36.2 Å². The third-order valence-corrected chi connectivity index (χ3v) is 6.31. The number of rotatable bonds is 8. The number of hydrogen-bond donors (Lipinski definition) is 0. The van der Waals surface area contributed by atoms with E-state index in [0.717, 1.165) is 18.7 Å². The Bertz CT molecular complexity index is 978. The van der Waals surface area contributed by atoms with Crippen LogP contribution >= 0.6 is 0 Å². The van der Waals surface area contributed by atoms with Crippen LogP contribution in [0.5, 0.6) is 0 Å². The van der Waals surface area contributed by atoms with Crippen LogP contribution in [-0.2, 0) is 22.5 Å². The Morgan fingerprint density at radius 2 is 2.00 bits per heavy atom. The standard InChI is InChI=1S/C25H29F2N3O2/c1-16(2)30-13-19(23(14-30)17-6-4-3-5-7-17)9-21(31)10-20-8-18-11-29-25(22(18)12-28-20)32-15-24(26)27/h3-8,12,16,19,23-24H,9-11,13-15H2,1-2H3/t19-,23+/m0/s1. The topological polar surface area (TPSA) is 54.8 Å². The smallest absolute Gasteiger partial charge is 0.272 e. The summed E-state index contributed by atoms with van der Waals surface area (Å²) in [5.41, 5.74) is 3.47. The van der Waals surface area contributed by atoms with Gasteiger partial charge in [-0.15, -0.1) is 0 Å². The summed E-state index contributed by atoms with van der Waals surface area (Å²) in [6.07, 6.45) is -0.187. The number of ketones is 1. The number of alkyl halides is 2. The van der Waals surface area contributed by atoms with Crippen molar-refractivity contribution in [2.24, 2.45) is 10.9 Å². The van der Waals surface area contributed by atoms with Gasteiger partial charge in [0, 0.05) is 49.8 Å². The highest BCUT2D eigenvalue weighted by Gasteiger charge is 2.35. The lowest BCUT2D eigenvalue weighted by Crippen LogP contribution is -2.28. The number of fused-ring (bicyclic) bond motifs is 1. The number of halogens is 2. The number of carbonyl (C=O) groups is 1. The lowest BCUT2D eigenvalue weighted by molar-refractivity contribution is -0.119. The second kappa shape index (κ2) is 9.86. The van der Waals surface area contributed by atoms with E-state index in [1.165, 1.54) is 5.56 Å². The van der Waals surface area contributed by atoms with Crippen molar-refractivity contribution in [3.63, 3.8) is 0 Å². The van der Waals surface area contributed by atoms with Crippen LogP contribution in [0.4, 0.5) is 8.78 Å². The van der Waals surface area contributed by atoms with Gasteiger partial charge < -0.3 is 9.64 Å². The molecular weight excluding hydrogens is 412 g/mol. The van der Waals surface area contributed by atoms with Crippen LogP contribution in [0.3, 0.4) is 0 Å². The van der Waals surface area contributed by atoms with Crippen molar-refractivity contribution in [3.05, 3.63) is 65.0 Å². The molecule has 1 aromatic heterocycles. The van der Waals surface area contributed by atoms with Gasteiger partial charge in [0.15, 0.2) is 6.61 Å². The summed E-state index contributed by atoms with van der Waals surface area (Å²) in [6.45, 7) is 5.95. The first-order valence-corrected chi connectivity index (χ1v) is 11.1. The molecule has 1 aromatic carbocycles. The fourth-order valence-electron chi connectivity index (χ4n) is 4.65. The fourth-order valence-corrected chi connectivity index (χ4v) is 4.65. The maximum absolute atomic E-state index is 13.0. The largest absolute Gasteiger partial charge is 0.471 e. The lowest BCUT2D eigenvalue weighted by atomic mass is 9.85. The average Bonchev–Trinajstić information content (AvgIpc) is 3.37. The molecule has 4 rings (SSSR count). The Labute approximate surface area is 187 Å². The van der Waals surface area contributed by atoms with E-state index in [-0.39, 0.29) is 24.0 Å². The molecule has 1 saturated heterocycles. The first-order chi connectivity index (χ1) is 15.4. The molecule has 0 spiro atoms. The lowest BCUT2D eigenvalue weighted by Gasteiger charge is -2.20. The molecule has 170 valence electrons. The Hall–Kier alpha value is -2.67. The number of likely N-dealkylation sites (tertiary alicyclic amines) is 1. The van der Waals surface area contributed by atoms with Crippen LogP contribution < -0.4 is 0 Å². The predicted molar refractivity (Wildman–Crippen MR) is 119 cm³/mol. The molecule has 3 heterocycles. The number of carbonyl (C=O) groups excluding carboxylic acids is 1. The van der Waals surface area contributed by atoms with E-state index in [4.69, 9.17) is 4.74 Å². The Kier molecular flexibility index (Phi) is 6.94. The molecule has 0 aliphatic carbocycles. The number of ether oxygens (including phenoxy) is 1. The highest BCUT2D eigenvalue weighted by atomic mass is 19.3. The van der Waals surface area contributed by atoms with Gasteiger partial charge in [0.2, 0.25) is 5.90 Å². The molecule has 2 aromatic rings. The first kappa shape index (κ1) is 22.5. The quantitative estimate of drug-likeness (QED) is 0.615. The highest BCUT2D eigenvalue weighted by Crippen LogP contribution is 2.36. The van der Waals surface area contributed by atoms with E-state index in [1.54, 1.807) is 6.20 Å². The van der Waals surface area contributed by atoms with Gasteiger partial charge in [-0.25, -0.2) is 13.8 Å². The van der Waals surface area contributed by atoms with E-state index in [1.807, 2.05) is 12.1 Å². The summed E-state index contributed by atoms with van der Waals surface area (Å²) < 4.78 is 29.9. The normalized spacial score (nSPS) is 20.6. The van der Waals surface area contributed by atoms with Crippen molar-refractivity contribution in [2.45, 2.75) is 51.6 Å². The molecule has 2 aliphatic rings. The van der Waals surface area contributed by atoms with Crippen molar-refractivity contribution in [2.75, 3.05) is 19.7 Å². The van der Waals surface area contributed by atoms with Gasteiger partial charge in [0.1, 0.15) is 5.78 Å². The first-order valence-electron chi connectivity index (χ1n) is 11.1. The molecule has 32 heavy (non-hydrogen) atoms. The monoisotopic (exact) mass is 441 g/mol. The van der Waals surface area contributed by atoms with E-state index < -0.39 is 13.0 Å². The zero-order chi connectivity index (χ0) is 22.7. The fraction of sp³-hybridized carbons (Fsp3) is 0.480. The van der Waals surface area contributed by atoms with Crippen LogP contribution in [0, 0.1) is 5.92 Å². The number of hydrogen-bond acceptors (Lipinski definition) is 5. The molecule has 0 unspecified atom stereocenters. The van der Waals surface area contributed by atoms with E-state index >= 15 is 0 Å². The summed E-state index contributed by atoms with van der Waals surface area (Å²) in [7, 11) is 0. The second-order valence-corrected chi connectivity index (χ2v) is 8.90. The molecule has 0 amide bonds. The number of pyridine rings is 1. The summed E-state index contributed by atoms with van der Waals surface area (Å²) in [6, 6.07) is 12.7. The van der Waals surface area contributed by atoms with Gasteiger partial charge in [-0.2, -0.15) is 0 Å². The van der Waals surface area contributed by atoms with E-state index in [2.05, 4.69) is 53.0 Å². The Balaban J connectivity index is 1.40. The molecule has 2 aliphatic heterocycles. The number of benzene rings is 1. The van der Waals surface area contributed by atoms with E-state index in [9.17, 15) is 13.6 Å². The number of nitrogens with zero attached hydrogens (tertiary/aromatic N) is 3. The van der Waals surface area contributed by atoms with Gasteiger partial charge in [-0.3, -0.25) is 9.78 Å². The van der Waals surface area contributed by atoms with Crippen molar-refractivity contribution in [3.8, 4) is 0 Å². The van der Waals surface area contributed by atoms with Gasteiger partial charge in [-0.1, -0.05) is 30.3 Å². The van der Waals surface area contributed by atoms with Crippen LogP contribution in [-0.4, -0.2) is 53.7 Å².